The highest BCUT2D eigenvalue weighted by Crippen LogP contribution is 2.42. The normalized spacial score (nSPS) is 23.4. The van der Waals surface area contributed by atoms with E-state index in [9.17, 15) is 22.0 Å². The minimum absolute atomic E-state index is 0.0148. The third-order valence-corrected chi connectivity index (χ3v) is 10.5. The van der Waals surface area contributed by atoms with Gasteiger partial charge in [0.2, 0.25) is 10.0 Å². The van der Waals surface area contributed by atoms with Crippen LogP contribution in [0.25, 0.3) is 28.1 Å². The van der Waals surface area contributed by atoms with Crippen molar-refractivity contribution in [3.63, 3.8) is 0 Å². The largest absolute Gasteiger partial charge is 0.482 e. The van der Waals surface area contributed by atoms with E-state index in [1.807, 2.05) is 26.9 Å². The Morgan fingerprint density at radius 2 is 1.91 bits per heavy atom. The van der Waals surface area contributed by atoms with E-state index in [1.54, 1.807) is 25.3 Å². The molecule has 6 heterocycles. The minimum atomic E-state index is -4.27. The predicted molar refractivity (Wildman–Crippen MR) is 161 cm³/mol. The molecule has 7 rings (SSSR count). The highest BCUT2D eigenvalue weighted by Gasteiger charge is 2.51. The van der Waals surface area contributed by atoms with Gasteiger partial charge in [0.05, 0.1) is 24.8 Å². The van der Waals surface area contributed by atoms with Crippen molar-refractivity contribution in [2.45, 2.75) is 70.8 Å². The Balaban J connectivity index is 1.35. The van der Waals surface area contributed by atoms with E-state index in [-0.39, 0.29) is 34.2 Å². The van der Waals surface area contributed by atoms with Crippen LogP contribution in [0.1, 0.15) is 48.7 Å². The van der Waals surface area contributed by atoms with Crippen molar-refractivity contribution in [2.75, 3.05) is 17.7 Å². The monoisotopic (exact) mass is 627 g/mol. The number of halogens is 2. The molecule has 14 heteroatoms. The molecule has 0 radical (unpaired) electrons. The lowest BCUT2D eigenvalue weighted by Crippen LogP contribution is -2.40. The number of carbonyl (C=O) groups excluding carboxylic acids is 1. The molecule has 11 nitrogen and oxygen atoms in total. The molecule has 2 aliphatic heterocycles. The van der Waals surface area contributed by atoms with Gasteiger partial charge in [-0.25, -0.2) is 18.4 Å². The summed E-state index contributed by atoms with van der Waals surface area (Å²) in [6.45, 7) is 1.37. The number of carbonyl (C=O) groups is 1. The number of anilines is 1. The smallest absolute Gasteiger partial charge is 0.329 e. The average Bonchev–Trinajstić information content (AvgIpc) is 3.36. The maximum absolute atomic E-state index is 13.8. The van der Waals surface area contributed by atoms with Crippen molar-refractivity contribution >= 4 is 38.4 Å². The molecule has 1 saturated carbocycles. The van der Waals surface area contributed by atoms with E-state index in [2.05, 4.69) is 11.9 Å². The van der Waals surface area contributed by atoms with Crippen LogP contribution in [0.3, 0.4) is 0 Å². The second-order valence-electron chi connectivity index (χ2n) is 12.5. The van der Waals surface area contributed by atoms with Gasteiger partial charge in [0.15, 0.2) is 5.88 Å². The molecule has 0 spiro atoms. The fourth-order valence-corrected chi connectivity index (χ4v) is 7.90. The number of methoxy groups -OCH3 is 1. The molecule has 3 aliphatic rings. The van der Waals surface area contributed by atoms with Crippen LogP contribution in [-0.4, -0.2) is 76.2 Å². The van der Waals surface area contributed by atoms with Crippen LogP contribution >= 0.6 is 0 Å². The highest BCUT2D eigenvalue weighted by atomic mass is 32.2. The summed E-state index contributed by atoms with van der Waals surface area (Å²) < 4.78 is 61.6. The van der Waals surface area contributed by atoms with Crippen molar-refractivity contribution in [2.24, 2.45) is 17.6 Å². The maximum atomic E-state index is 13.8. The van der Waals surface area contributed by atoms with Gasteiger partial charge in [-0.15, -0.1) is 0 Å². The zero-order valence-corrected chi connectivity index (χ0v) is 25.8. The summed E-state index contributed by atoms with van der Waals surface area (Å²) in [6, 6.07) is 8.38. The molecule has 1 aliphatic carbocycles. The number of amides is 1. The second-order valence-corrected chi connectivity index (χ2v) is 14.3. The number of nitrogens with two attached hydrogens (primary N) is 1. The molecule has 2 bridgehead atoms. The lowest BCUT2D eigenvalue weighted by atomic mass is 9.88. The fourth-order valence-electron chi connectivity index (χ4n) is 7.17. The Hall–Kier alpha value is -3.78. The summed E-state index contributed by atoms with van der Waals surface area (Å²) in [5, 5.41) is 0.668. The number of aryl methyl sites for hydroxylation is 1. The quantitative estimate of drug-likeness (QED) is 0.292. The summed E-state index contributed by atoms with van der Waals surface area (Å²) in [4.78, 5) is 25.2. The van der Waals surface area contributed by atoms with Gasteiger partial charge in [0.25, 0.3) is 5.91 Å². The van der Waals surface area contributed by atoms with Gasteiger partial charge < -0.3 is 19.9 Å². The first-order chi connectivity index (χ1) is 20.9. The Bertz CT molecular complexity index is 1900. The summed E-state index contributed by atoms with van der Waals surface area (Å²) in [5.74, 6) is 0.795. The Labute approximate surface area is 253 Å². The minimum Gasteiger partial charge on any atom is -0.482 e. The molecule has 2 N–H and O–H groups in total. The number of fused-ring (bicyclic) bond motifs is 4. The van der Waals surface area contributed by atoms with Crippen molar-refractivity contribution in [1.29, 1.82) is 0 Å². The van der Waals surface area contributed by atoms with Crippen molar-refractivity contribution in [3.8, 4) is 17.3 Å². The van der Waals surface area contributed by atoms with E-state index in [0.29, 0.717) is 57.9 Å². The number of imidazole rings is 1. The molecule has 0 aromatic carbocycles. The standard InChI is InChI=1S/C30H35F2N7O4S/c1-15-9-22-20(33)13-21(15)38(22)29(40)19-11-25-34-27(16(2)37(25)26(12-19)43-3)23-10-18-7-8-24(39(30(31)32)44(4,41)42)35-28(18)36(23)14-17-5-6-17/h7-8,10-12,15,17,20-22,30H,5-6,9,13-14,33H2,1-4H3/t15?,20-,21-,22-/m1/s1. The Morgan fingerprint density at radius 1 is 1.16 bits per heavy atom. The van der Waals surface area contributed by atoms with E-state index < -0.39 is 16.6 Å². The predicted octanol–water partition coefficient (Wildman–Crippen LogP) is 4.02. The van der Waals surface area contributed by atoms with E-state index >= 15 is 0 Å². The van der Waals surface area contributed by atoms with Crippen LogP contribution < -0.4 is 14.8 Å². The van der Waals surface area contributed by atoms with Gasteiger partial charge in [-0.3, -0.25) is 9.20 Å². The highest BCUT2D eigenvalue weighted by molar-refractivity contribution is 7.92. The van der Waals surface area contributed by atoms with E-state index in [1.165, 1.54) is 6.07 Å². The molecule has 1 amide bonds. The van der Waals surface area contributed by atoms with Crippen LogP contribution in [0.15, 0.2) is 30.3 Å². The lowest BCUT2D eigenvalue weighted by molar-refractivity contribution is 0.0717. The van der Waals surface area contributed by atoms with Gasteiger partial charge in [-0.05, 0) is 68.7 Å². The molecule has 1 unspecified atom stereocenters. The Morgan fingerprint density at radius 3 is 2.52 bits per heavy atom. The molecule has 2 saturated heterocycles. The molecule has 4 atom stereocenters. The van der Waals surface area contributed by atoms with Crippen molar-refractivity contribution in [3.05, 3.63) is 41.6 Å². The fraction of sp³-hybridized carbons (Fsp3) is 0.500. The summed E-state index contributed by atoms with van der Waals surface area (Å²) in [5.41, 5.74) is 9.86. The molecular weight excluding hydrogens is 592 g/mol. The zero-order chi connectivity index (χ0) is 31.2. The van der Waals surface area contributed by atoms with Gasteiger partial charge in [0.1, 0.15) is 22.8 Å². The number of nitrogens with zero attached hydrogens (tertiary/aromatic N) is 6. The van der Waals surface area contributed by atoms with Gasteiger partial charge in [-0.1, -0.05) is 6.92 Å². The average molecular weight is 628 g/mol. The molecule has 4 aromatic rings. The summed E-state index contributed by atoms with van der Waals surface area (Å²) >= 11 is 0. The maximum Gasteiger partial charge on any atom is 0.329 e. The van der Waals surface area contributed by atoms with E-state index in [0.717, 1.165) is 37.6 Å². The van der Waals surface area contributed by atoms with Gasteiger partial charge in [0, 0.05) is 41.7 Å². The first kappa shape index (κ1) is 29.0. The van der Waals surface area contributed by atoms with Gasteiger partial charge >= 0.3 is 6.55 Å². The third-order valence-electron chi connectivity index (χ3n) is 9.47. The van der Waals surface area contributed by atoms with E-state index in [4.69, 9.17) is 15.5 Å². The number of ether oxygens (including phenoxy) is 1. The lowest BCUT2D eigenvalue weighted by Gasteiger charge is -2.23. The molecule has 234 valence electrons. The molecule has 4 aromatic heterocycles. The number of sulfonamides is 1. The van der Waals surface area contributed by atoms with Crippen molar-refractivity contribution < 1.29 is 26.7 Å². The second kappa shape index (κ2) is 10.1. The van der Waals surface area contributed by atoms with Crippen LogP contribution in [0.5, 0.6) is 5.88 Å². The molecule has 44 heavy (non-hydrogen) atoms. The van der Waals surface area contributed by atoms with Crippen LogP contribution in [0, 0.1) is 18.8 Å². The number of pyridine rings is 2. The SMILES string of the molecule is COc1cc(C(=O)N2[C@@H]3C[C@@H](N)[C@H]2CC3C)cc2nc(-c3cc4ccc(N(C(F)F)S(C)(=O)=O)nc4n3CC3CC3)c(C)n12. The van der Waals surface area contributed by atoms with Crippen molar-refractivity contribution in [1.82, 2.24) is 23.8 Å². The first-order valence-corrected chi connectivity index (χ1v) is 16.7. The number of hydrogen-bond acceptors (Lipinski definition) is 7. The number of rotatable bonds is 8. The molecular formula is C30H35F2N7O4S. The first-order valence-electron chi connectivity index (χ1n) is 14.8. The third kappa shape index (κ3) is 4.52. The zero-order valence-electron chi connectivity index (χ0n) is 24.9. The molecule has 3 fully saturated rings. The summed E-state index contributed by atoms with van der Waals surface area (Å²) in [6.07, 6.45) is 4.47. The van der Waals surface area contributed by atoms with Crippen LogP contribution in [0.2, 0.25) is 0 Å². The summed E-state index contributed by atoms with van der Waals surface area (Å²) in [7, 11) is -2.72. The number of alkyl halides is 2. The van der Waals surface area contributed by atoms with Gasteiger partial charge in [-0.2, -0.15) is 13.1 Å². The topological polar surface area (TPSA) is 128 Å². The number of aromatic nitrogens is 4. The Kier molecular flexibility index (Phi) is 6.66. The number of hydrogen-bond donors (Lipinski definition) is 1. The van der Waals surface area contributed by atoms with Crippen LogP contribution in [0.4, 0.5) is 14.6 Å². The van der Waals surface area contributed by atoms with Crippen LogP contribution in [-0.2, 0) is 16.6 Å².